The number of ketones is 1. The number of hydrogen-bond donors (Lipinski definition) is 0. The van der Waals surface area contributed by atoms with Crippen molar-refractivity contribution in [2.24, 2.45) is 5.92 Å². The number of alkyl halides is 3. The molecular weight excluding hydrogens is 255 g/mol. The summed E-state index contributed by atoms with van der Waals surface area (Å²) in [4.78, 5) is 13.4. The first-order valence-electron chi connectivity index (χ1n) is 6.30. The molecule has 0 aliphatic carbocycles. The zero-order valence-electron chi connectivity index (χ0n) is 10.7. The highest BCUT2D eigenvalue weighted by atomic mass is 19.4. The molecule has 0 bridgehead atoms. The summed E-state index contributed by atoms with van der Waals surface area (Å²) in [6.45, 7) is 2.96. The molecule has 0 spiro atoms. The average molecular weight is 271 g/mol. The van der Waals surface area contributed by atoms with E-state index < -0.39 is 11.7 Å². The van der Waals surface area contributed by atoms with Crippen molar-refractivity contribution in [2.75, 3.05) is 18.0 Å². The monoisotopic (exact) mass is 271 g/mol. The molecule has 1 fully saturated rings. The van der Waals surface area contributed by atoms with Gasteiger partial charge in [-0.05, 0) is 44.0 Å². The third-order valence-corrected chi connectivity index (χ3v) is 3.56. The summed E-state index contributed by atoms with van der Waals surface area (Å²) in [5.74, 6) is 0.146. The first-order chi connectivity index (χ1) is 8.88. The summed E-state index contributed by atoms with van der Waals surface area (Å²) >= 11 is 0. The number of halogens is 3. The third kappa shape index (κ3) is 3.28. The molecule has 2 rings (SSSR count). The van der Waals surface area contributed by atoms with Gasteiger partial charge < -0.3 is 4.90 Å². The van der Waals surface area contributed by atoms with E-state index in [4.69, 9.17) is 0 Å². The van der Waals surface area contributed by atoms with Gasteiger partial charge in [0.05, 0.1) is 5.56 Å². The van der Waals surface area contributed by atoms with Crippen molar-refractivity contribution in [3.05, 3.63) is 29.8 Å². The van der Waals surface area contributed by atoms with Gasteiger partial charge in [-0.1, -0.05) is 0 Å². The number of piperidine rings is 1. The van der Waals surface area contributed by atoms with E-state index in [9.17, 15) is 18.0 Å². The minimum atomic E-state index is -4.30. The van der Waals surface area contributed by atoms with Crippen molar-refractivity contribution in [3.63, 3.8) is 0 Å². The fourth-order valence-electron chi connectivity index (χ4n) is 2.40. The molecule has 19 heavy (non-hydrogen) atoms. The number of rotatable bonds is 2. The summed E-state index contributed by atoms with van der Waals surface area (Å²) in [5.41, 5.74) is 0.107. The summed E-state index contributed by atoms with van der Waals surface area (Å²) in [7, 11) is 0. The highest BCUT2D eigenvalue weighted by Crippen LogP contribution is 2.31. The van der Waals surface area contributed by atoms with Crippen LogP contribution in [0.2, 0.25) is 0 Å². The number of nitrogens with zero attached hydrogens (tertiary/aromatic N) is 1. The number of Topliss-reactive ketones (excluding diaryl/α,β-unsaturated/α-hetero) is 1. The minimum Gasteiger partial charge on any atom is -0.371 e. The maximum Gasteiger partial charge on any atom is 0.416 e. The molecule has 0 aromatic heterocycles. The van der Waals surface area contributed by atoms with E-state index in [1.54, 1.807) is 6.92 Å². The van der Waals surface area contributed by atoms with E-state index in [0.29, 0.717) is 6.54 Å². The Labute approximate surface area is 110 Å². The molecule has 0 amide bonds. The molecule has 104 valence electrons. The number of carbonyl (C=O) groups excluding carboxylic acids is 1. The topological polar surface area (TPSA) is 20.3 Å². The number of anilines is 1. The van der Waals surface area contributed by atoms with Gasteiger partial charge in [-0.15, -0.1) is 0 Å². The Morgan fingerprint density at radius 3 is 2.42 bits per heavy atom. The number of benzene rings is 1. The lowest BCUT2D eigenvalue weighted by molar-refractivity contribution is -0.137. The molecule has 2 nitrogen and oxygen atoms in total. The Balaban J connectivity index is 2.12. The predicted octanol–water partition coefficient (Wildman–Crippen LogP) is 3.51. The zero-order chi connectivity index (χ0) is 14.0. The number of carbonyl (C=O) groups is 1. The Kier molecular flexibility index (Phi) is 3.83. The second kappa shape index (κ2) is 5.23. The average Bonchev–Trinajstić information content (AvgIpc) is 2.38. The van der Waals surface area contributed by atoms with Gasteiger partial charge >= 0.3 is 6.18 Å². The van der Waals surface area contributed by atoms with Crippen LogP contribution < -0.4 is 4.90 Å². The van der Waals surface area contributed by atoms with Gasteiger partial charge in [0, 0.05) is 24.7 Å². The van der Waals surface area contributed by atoms with Crippen LogP contribution >= 0.6 is 0 Å². The van der Waals surface area contributed by atoms with Gasteiger partial charge in [0.2, 0.25) is 0 Å². The van der Waals surface area contributed by atoms with Crippen LogP contribution in [0, 0.1) is 5.92 Å². The molecule has 1 aliphatic heterocycles. The van der Waals surface area contributed by atoms with E-state index in [-0.39, 0.29) is 11.7 Å². The predicted molar refractivity (Wildman–Crippen MR) is 67.1 cm³/mol. The molecule has 0 N–H and O–H groups in total. The first kappa shape index (κ1) is 13.9. The molecular formula is C14H16F3NO. The summed E-state index contributed by atoms with van der Waals surface area (Å²) in [5, 5.41) is 0. The Morgan fingerprint density at radius 2 is 1.89 bits per heavy atom. The van der Waals surface area contributed by atoms with Crippen molar-refractivity contribution in [2.45, 2.75) is 25.9 Å². The van der Waals surface area contributed by atoms with E-state index in [2.05, 4.69) is 0 Å². The van der Waals surface area contributed by atoms with Crippen molar-refractivity contribution in [1.82, 2.24) is 0 Å². The lowest BCUT2D eigenvalue weighted by atomic mass is 9.94. The maximum absolute atomic E-state index is 12.5. The van der Waals surface area contributed by atoms with Gasteiger partial charge in [0.1, 0.15) is 5.78 Å². The summed E-state index contributed by atoms with van der Waals surface area (Å²) in [6, 6.07) is 5.14. The Hall–Kier alpha value is -1.52. The molecule has 1 atom stereocenters. The van der Waals surface area contributed by atoms with Crippen LogP contribution in [-0.4, -0.2) is 18.9 Å². The van der Waals surface area contributed by atoms with E-state index in [1.165, 1.54) is 12.1 Å². The maximum atomic E-state index is 12.5. The highest BCUT2D eigenvalue weighted by molar-refractivity contribution is 5.79. The van der Waals surface area contributed by atoms with E-state index >= 15 is 0 Å². The van der Waals surface area contributed by atoms with Gasteiger partial charge in [-0.25, -0.2) is 0 Å². The standard InChI is InChI=1S/C14H16F3NO/c1-10(19)11-3-2-8-18(9-11)13-6-4-12(5-7-13)14(15,16)17/h4-7,11H,2-3,8-9H2,1H3. The van der Waals surface area contributed by atoms with Crippen LogP contribution in [0.15, 0.2) is 24.3 Å². The van der Waals surface area contributed by atoms with Crippen molar-refractivity contribution < 1.29 is 18.0 Å². The minimum absolute atomic E-state index is 0.00366. The molecule has 0 saturated carbocycles. The van der Waals surface area contributed by atoms with Crippen molar-refractivity contribution >= 4 is 11.5 Å². The van der Waals surface area contributed by atoms with Gasteiger partial charge in [0.15, 0.2) is 0 Å². The zero-order valence-corrected chi connectivity index (χ0v) is 10.7. The second-order valence-electron chi connectivity index (χ2n) is 4.94. The van der Waals surface area contributed by atoms with Gasteiger partial charge in [-0.3, -0.25) is 4.79 Å². The molecule has 1 unspecified atom stereocenters. The first-order valence-corrected chi connectivity index (χ1v) is 6.30. The van der Waals surface area contributed by atoms with E-state index in [1.807, 2.05) is 4.90 Å². The van der Waals surface area contributed by atoms with Gasteiger partial charge in [-0.2, -0.15) is 13.2 Å². The van der Waals surface area contributed by atoms with Crippen LogP contribution in [-0.2, 0) is 11.0 Å². The second-order valence-corrected chi connectivity index (χ2v) is 4.94. The lowest BCUT2D eigenvalue weighted by Crippen LogP contribution is -2.38. The van der Waals surface area contributed by atoms with Crippen LogP contribution in [0.1, 0.15) is 25.3 Å². The molecule has 1 aromatic rings. The van der Waals surface area contributed by atoms with E-state index in [0.717, 1.165) is 37.2 Å². The van der Waals surface area contributed by atoms with Crippen molar-refractivity contribution in [1.29, 1.82) is 0 Å². The van der Waals surface area contributed by atoms with Crippen LogP contribution in [0.4, 0.5) is 18.9 Å². The molecule has 1 saturated heterocycles. The molecule has 5 heteroatoms. The molecule has 1 aromatic carbocycles. The largest absolute Gasteiger partial charge is 0.416 e. The smallest absolute Gasteiger partial charge is 0.371 e. The molecule has 1 heterocycles. The van der Waals surface area contributed by atoms with Gasteiger partial charge in [0.25, 0.3) is 0 Å². The fraction of sp³-hybridized carbons (Fsp3) is 0.500. The molecule has 0 radical (unpaired) electrons. The summed E-state index contributed by atoms with van der Waals surface area (Å²) in [6.07, 6.45) is -2.54. The third-order valence-electron chi connectivity index (χ3n) is 3.56. The SMILES string of the molecule is CC(=O)C1CCCN(c2ccc(C(F)(F)F)cc2)C1. The Morgan fingerprint density at radius 1 is 1.26 bits per heavy atom. The summed E-state index contributed by atoms with van der Waals surface area (Å²) < 4.78 is 37.4. The molecule has 1 aliphatic rings. The number of hydrogen-bond acceptors (Lipinski definition) is 2. The quantitative estimate of drug-likeness (QED) is 0.820. The van der Waals surface area contributed by atoms with Crippen LogP contribution in [0.3, 0.4) is 0 Å². The fourth-order valence-corrected chi connectivity index (χ4v) is 2.40. The normalized spacial score (nSPS) is 20.4. The Bertz CT molecular complexity index is 453. The van der Waals surface area contributed by atoms with Crippen LogP contribution in [0.25, 0.3) is 0 Å². The van der Waals surface area contributed by atoms with Crippen molar-refractivity contribution in [3.8, 4) is 0 Å². The van der Waals surface area contributed by atoms with Crippen LogP contribution in [0.5, 0.6) is 0 Å². The highest BCUT2D eigenvalue weighted by Gasteiger charge is 2.30. The lowest BCUT2D eigenvalue weighted by Gasteiger charge is -2.33.